The first-order chi connectivity index (χ1) is 32.7. The standard InChI is InChI=1S/C64H41NO/c1-3-14-52-43(12-1)28-30-47-32-34-49(40-58(47)52)42-24-26-45(27-25-42)54-16-5-8-20-60(54)65(51-38-36-46(37-39-51)56-19-11-23-63-64(56)57-18-7-10-22-62(57)66-63)61-21-9-6-17-55(61)50-35-33-48-31-29-44-13-2-4-15-53(44)59(48)41-50/h1-41H. The number of hydrogen-bond donors (Lipinski definition) is 0. The second-order valence-electron chi connectivity index (χ2n) is 17.2. The van der Waals surface area contributed by atoms with Crippen LogP contribution in [0, 0.1) is 0 Å². The molecule has 0 radical (unpaired) electrons. The fourth-order valence-corrected chi connectivity index (χ4v) is 10.2. The van der Waals surface area contributed by atoms with Gasteiger partial charge in [0, 0.05) is 27.6 Å². The lowest BCUT2D eigenvalue weighted by atomic mass is 9.94. The molecule has 0 spiro atoms. The highest BCUT2D eigenvalue weighted by atomic mass is 16.3. The SMILES string of the molecule is c1ccc(N(c2ccc(-c3cccc4oc5ccccc5c34)cc2)c2ccccc2-c2ccc3ccc4ccccc4c3c2)c(-c2ccc(-c3ccc4ccc5ccccc5c4c3)cc2)c1. The van der Waals surface area contributed by atoms with Gasteiger partial charge in [0.2, 0.25) is 0 Å². The molecule has 13 aromatic rings. The number of furan rings is 1. The van der Waals surface area contributed by atoms with Crippen LogP contribution in [0.1, 0.15) is 0 Å². The second kappa shape index (κ2) is 15.5. The number of para-hydroxylation sites is 3. The normalized spacial score (nSPS) is 11.6. The first kappa shape index (κ1) is 37.8. The van der Waals surface area contributed by atoms with Crippen molar-refractivity contribution in [3.63, 3.8) is 0 Å². The summed E-state index contributed by atoms with van der Waals surface area (Å²) in [4.78, 5) is 2.44. The lowest BCUT2D eigenvalue weighted by Gasteiger charge is -2.30. The van der Waals surface area contributed by atoms with Crippen LogP contribution in [0.25, 0.3) is 110 Å². The molecule has 13 rings (SSSR count). The van der Waals surface area contributed by atoms with Gasteiger partial charge in [0.1, 0.15) is 11.2 Å². The molecule has 308 valence electrons. The van der Waals surface area contributed by atoms with E-state index in [1.807, 2.05) is 12.1 Å². The van der Waals surface area contributed by atoms with E-state index in [1.165, 1.54) is 59.8 Å². The fraction of sp³-hybridized carbons (Fsp3) is 0. The van der Waals surface area contributed by atoms with Crippen molar-refractivity contribution in [1.82, 2.24) is 0 Å². The summed E-state index contributed by atoms with van der Waals surface area (Å²) in [5.74, 6) is 0. The Balaban J connectivity index is 0.960. The molecule has 0 aliphatic heterocycles. The molecule has 1 aromatic heterocycles. The third-order valence-corrected chi connectivity index (χ3v) is 13.5. The van der Waals surface area contributed by atoms with Crippen LogP contribution >= 0.6 is 0 Å². The van der Waals surface area contributed by atoms with Crippen LogP contribution in [0.4, 0.5) is 17.1 Å². The van der Waals surface area contributed by atoms with Gasteiger partial charge in [-0.1, -0.05) is 200 Å². The van der Waals surface area contributed by atoms with Crippen molar-refractivity contribution in [2.45, 2.75) is 0 Å². The molecule has 0 saturated heterocycles. The van der Waals surface area contributed by atoms with Gasteiger partial charge < -0.3 is 9.32 Å². The number of fused-ring (bicyclic) bond motifs is 9. The first-order valence-corrected chi connectivity index (χ1v) is 22.7. The van der Waals surface area contributed by atoms with E-state index in [0.29, 0.717) is 0 Å². The maximum atomic E-state index is 6.31. The van der Waals surface area contributed by atoms with Gasteiger partial charge in [0.15, 0.2) is 0 Å². The highest BCUT2D eigenvalue weighted by Gasteiger charge is 2.22. The second-order valence-corrected chi connectivity index (χ2v) is 17.2. The summed E-state index contributed by atoms with van der Waals surface area (Å²) in [6, 6.07) is 90.4. The number of benzene rings is 12. The summed E-state index contributed by atoms with van der Waals surface area (Å²) in [5.41, 5.74) is 14.3. The van der Waals surface area contributed by atoms with Crippen LogP contribution in [0.2, 0.25) is 0 Å². The lowest BCUT2D eigenvalue weighted by molar-refractivity contribution is 0.669. The molecule has 1 heterocycles. The molecule has 0 atom stereocenters. The topological polar surface area (TPSA) is 16.4 Å². The Kier molecular flexibility index (Phi) is 8.89. The van der Waals surface area contributed by atoms with Gasteiger partial charge in [0.25, 0.3) is 0 Å². The summed E-state index contributed by atoms with van der Waals surface area (Å²) < 4.78 is 6.31. The lowest BCUT2D eigenvalue weighted by Crippen LogP contribution is -2.12. The Hall–Kier alpha value is -8.72. The van der Waals surface area contributed by atoms with E-state index in [9.17, 15) is 0 Å². The molecule has 0 bridgehead atoms. The van der Waals surface area contributed by atoms with E-state index in [2.05, 4.69) is 241 Å². The first-order valence-electron chi connectivity index (χ1n) is 22.7. The third-order valence-electron chi connectivity index (χ3n) is 13.5. The Labute approximate surface area is 382 Å². The number of rotatable bonds is 7. The highest BCUT2D eigenvalue weighted by Crippen LogP contribution is 2.46. The van der Waals surface area contributed by atoms with Crippen LogP contribution in [-0.4, -0.2) is 0 Å². The monoisotopic (exact) mass is 839 g/mol. The smallest absolute Gasteiger partial charge is 0.136 e. The summed E-state index contributed by atoms with van der Waals surface area (Å²) in [5, 5.41) is 12.3. The Morgan fingerprint density at radius 2 is 0.682 bits per heavy atom. The van der Waals surface area contributed by atoms with Gasteiger partial charge >= 0.3 is 0 Å². The molecule has 2 heteroatoms. The van der Waals surface area contributed by atoms with E-state index in [1.54, 1.807) is 0 Å². The highest BCUT2D eigenvalue weighted by molar-refractivity contribution is 6.13. The average Bonchev–Trinajstić information content (AvgIpc) is 3.78. The average molecular weight is 840 g/mol. The summed E-state index contributed by atoms with van der Waals surface area (Å²) in [6.07, 6.45) is 0. The van der Waals surface area contributed by atoms with Gasteiger partial charge in [-0.2, -0.15) is 0 Å². The van der Waals surface area contributed by atoms with Gasteiger partial charge in [-0.25, -0.2) is 0 Å². The van der Waals surface area contributed by atoms with Crippen molar-refractivity contribution >= 4 is 82.1 Å². The van der Waals surface area contributed by atoms with Gasteiger partial charge in [-0.15, -0.1) is 0 Å². The predicted molar refractivity (Wildman–Crippen MR) is 280 cm³/mol. The van der Waals surface area contributed by atoms with Crippen LogP contribution in [-0.2, 0) is 0 Å². The molecule has 0 aliphatic carbocycles. The maximum absolute atomic E-state index is 6.31. The molecule has 0 saturated carbocycles. The van der Waals surface area contributed by atoms with E-state index in [4.69, 9.17) is 4.42 Å². The molecule has 0 fully saturated rings. The molecular weight excluding hydrogens is 799 g/mol. The van der Waals surface area contributed by atoms with Crippen molar-refractivity contribution in [3.8, 4) is 44.5 Å². The largest absolute Gasteiger partial charge is 0.456 e. The minimum absolute atomic E-state index is 0.894. The Bertz CT molecular complexity index is 3990. The van der Waals surface area contributed by atoms with E-state index in [-0.39, 0.29) is 0 Å². The number of nitrogens with zero attached hydrogens (tertiary/aromatic N) is 1. The maximum Gasteiger partial charge on any atom is 0.136 e. The van der Waals surface area contributed by atoms with E-state index >= 15 is 0 Å². The summed E-state index contributed by atoms with van der Waals surface area (Å²) in [6.45, 7) is 0. The van der Waals surface area contributed by atoms with Gasteiger partial charge in [-0.3, -0.25) is 0 Å². The fourth-order valence-electron chi connectivity index (χ4n) is 10.2. The molecular formula is C64H41NO. The van der Waals surface area contributed by atoms with E-state index < -0.39 is 0 Å². The van der Waals surface area contributed by atoms with Gasteiger partial charge in [-0.05, 0) is 125 Å². The minimum Gasteiger partial charge on any atom is -0.456 e. The predicted octanol–water partition coefficient (Wildman–Crippen LogP) is 18.3. The zero-order valence-corrected chi connectivity index (χ0v) is 36.0. The summed E-state index contributed by atoms with van der Waals surface area (Å²) >= 11 is 0. The third kappa shape index (κ3) is 6.34. The molecule has 66 heavy (non-hydrogen) atoms. The van der Waals surface area contributed by atoms with Crippen LogP contribution in [0.5, 0.6) is 0 Å². The number of anilines is 3. The van der Waals surface area contributed by atoms with E-state index in [0.717, 1.165) is 66.8 Å². The van der Waals surface area contributed by atoms with Crippen molar-refractivity contribution in [3.05, 3.63) is 249 Å². The molecule has 0 amide bonds. The minimum atomic E-state index is 0.894. The zero-order valence-electron chi connectivity index (χ0n) is 36.0. The molecule has 12 aromatic carbocycles. The van der Waals surface area contributed by atoms with Crippen molar-refractivity contribution in [2.75, 3.05) is 4.90 Å². The molecule has 0 unspecified atom stereocenters. The van der Waals surface area contributed by atoms with Crippen LogP contribution in [0.3, 0.4) is 0 Å². The Morgan fingerprint density at radius 3 is 1.35 bits per heavy atom. The molecule has 0 N–H and O–H groups in total. The zero-order chi connectivity index (χ0) is 43.6. The quantitative estimate of drug-likeness (QED) is 0.149. The van der Waals surface area contributed by atoms with Crippen molar-refractivity contribution < 1.29 is 4.42 Å². The Morgan fingerprint density at radius 1 is 0.258 bits per heavy atom. The number of hydrogen-bond acceptors (Lipinski definition) is 2. The van der Waals surface area contributed by atoms with Crippen LogP contribution in [0.15, 0.2) is 253 Å². The van der Waals surface area contributed by atoms with Crippen molar-refractivity contribution in [1.29, 1.82) is 0 Å². The van der Waals surface area contributed by atoms with Crippen molar-refractivity contribution in [2.24, 2.45) is 0 Å². The summed E-state index contributed by atoms with van der Waals surface area (Å²) in [7, 11) is 0. The van der Waals surface area contributed by atoms with Gasteiger partial charge in [0.05, 0.1) is 11.4 Å². The van der Waals surface area contributed by atoms with Crippen LogP contribution < -0.4 is 4.90 Å². The molecule has 2 nitrogen and oxygen atoms in total. The molecule has 0 aliphatic rings.